The van der Waals surface area contributed by atoms with Crippen molar-refractivity contribution >= 4 is 40.3 Å². The minimum absolute atomic E-state index is 0.0730. The lowest BCUT2D eigenvalue weighted by molar-refractivity contribution is -0.122. The highest BCUT2D eigenvalue weighted by molar-refractivity contribution is 8.26. The van der Waals surface area contributed by atoms with E-state index in [0.29, 0.717) is 29.0 Å². The number of ether oxygens (including phenoxy) is 2. The molecule has 0 aromatic heterocycles. The highest BCUT2D eigenvalue weighted by Gasteiger charge is 2.32. The molecule has 1 fully saturated rings. The molecule has 34 heavy (non-hydrogen) atoms. The standard InChI is InChI=1S/C28H27NO3S2/c1-2-21-13-15-24(16-14-21)31-17-8-18-32-25-12-7-6-11-23(25)19-26-27(30)29(28(33)34-26)20-22-9-4-3-5-10-22/h3-7,9-16,19H,2,8,17-18,20H2,1H3. The van der Waals surface area contributed by atoms with Crippen LogP contribution in [0.2, 0.25) is 0 Å². The average molecular weight is 490 g/mol. The van der Waals surface area contributed by atoms with Crippen molar-refractivity contribution in [2.24, 2.45) is 0 Å². The second-order valence-electron chi connectivity index (χ2n) is 7.84. The first-order valence-electron chi connectivity index (χ1n) is 11.4. The van der Waals surface area contributed by atoms with Gasteiger partial charge in [0.25, 0.3) is 5.91 Å². The quantitative estimate of drug-likeness (QED) is 0.185. The maximum atomic E-state index is 13.0. The van der Waals surface area contributed by atoms with Gasteiger partial charge in [-0.25, -0.2) is 0 Å². The Labute approximate surface area is 210 Å². The Morgan fingerprint density at radius 1 is 0.882 bits per heavy atom. The van der Waals surface area contributed by atoms with Gasteiger partial charge in [-0.2, -0.15) is 0 Å². The number of hydrogen-bond acceptors (Lipinski definition) is 5. The van der Waals surface area contributed by atoms with Crippen molar-refractivity contribution in [3.63, 3.8) is 0 Å². The number of carbonyl (C=O) groups is 1. The summed E-state index contributed by atoms with van der Waals surface area (Å²) >= 11 is 6.81. The lowest BCUT2D eigenvalue weighted by Gasteiger charge is -2.14. The van der Waals surface area contributed by atoms with Crippen LogP contribution in [0.25, 0.3) is 6.08 Å². The SMILES string of the molecule is CCc1ccc(OCCCOc2ccccc2C=C2SC(=S)N(Cc3ccccc3)C2=O)cc1. The zero-order valence-corrected chi connectivity index (χ0v) is 20.7. The number of thiocarbonyl (C=S) groups is 1. The van der Waals surface area contributed by atoms with Crippen LogP contribution < -0.4 is 9.47 Å². The van der Waals surface area contributed by atoms with Gasteiger partial charge >= 0.3 is 0 Å². The van der Waals surface area contributed by atoms with E-state index < -0.39 is 0 Å². The maximum absolute atomic E-state index is 13.0. The minimum atomic E-state index is -0.0730. The van der Waals surface area contributed by atoms with E-state index in [9.17, 15) is 4.79 Å². The Morgan fingerprint density at radius 3 is 2.35 bits per heavy atom. The number of nitrogens with zero attached hydrogens (tertiary/aromatic N) is 1. The smallest absolute Gasteiger partial charge is 0.266 e. The summed E-state index contributed by atoms with van der Waals surface area (Å²) in [6.45, 7) is 3.71. The molecule has 0 aliphatic carbocycles. The monoisotopic (exact) mass is 489 g/mol. The van der Waals surface area contributed by atoms with E-state index in [2.05, 4.69) is 19.1 Å². The van der Waals surface area contributed by atoms with E-state index in [-0.39, 0.29) is 5.91 Å². The average Bonchev–Trinajstić information content (AvgIpc) is 3.13. The summed E-state index contributed by atoms with van der Waals surface area (Å²) in [5, 5.41) is 0. The van der Waals surface area contributed by atoms with E-state index in [1.165, 1.54) is 17.3 Å². The molecule has 0 N–H and O–H groups in total. The number of para-hydroxylation sites is 1. The van der Waals surface area contributed by atoms with Crippen LogP contribution in [-0.4, -0.2) is 28.3 Å². The number of rotatable bonds is 10. The van der Waals surface area contributed by atoms with Crippen LogP contribution in [0.5, 0.6) is 11.5 Å². The van der Waals surface area contributed by atoms with Gasteiger partial charge < -0.3 is 9.47 Å². The molecule has 1 aliphatic heterocycles. The summed E-state index contributed by atoms with van der Waals surface area (Å²) in [6, 6.07) is 25.8. The molecule has 1 heterocycles. The zero-order chi connectivity index (χ0) is 23.8. The molecule has 0 radical (unpaired) electrons. The fourth-order valence-corrected chi connectivity index (χ4v) is 4.77. The highest BCUT2D eigenvalue weighted by Crippen LogP contribution is 2.35. The first kappa shape index (κ1) is 24.0. The molecule has 1 saturated heterocycles. The molecule has 0 unspecified atom stereocenters. The van der Waals surface area contributed by atoms with Crippen LogP contribution in [0.1, 0.15) is 30.0 Å². The van der Waals surface area contributed by atoms with Crippen molar-refractivity contribution in [2.45, 2.75) is 26.3 Å². The van der Waals surface area contributed by atoms with Crippen molar-refractivity contribution in [1.29, 1.82) is 0 Å². The molecule has 6 heteroatoms. The van der Waals surface area contributed by atoms with Gasteiger partial charge in [0, 0.05) is 12.0 Å². The van der Waals surface area contributed by atoms with Crippen molar-refractivity contribution in [2.75, 3.05) is 13.2 Å². The van der Waals surface area contributed by atoms with Gasteiger partial charge in [0.15, 0.2) is 0 Å². The van der Waals surface area contributed by atoms with Crippen LogP contribution in [0, 0.1) is 0 Å². The molecule has 1 amide bonds. The van der Waals surface area contributed by atoms with Gasteiger partial charge in [0.05, 0.1) is 24.7 Å². The molecule has 1 aliphatic rings. The fraction of sp³-hybridized carbons (Fsp3) is 0.214. The third kappa shape index (κ3) is 6.27. The molecule has 0 bridgehead atoms. The molecule has 0 saturated carbocycles. The van der Waals surface area contributed by atoms with Crippen LogP contribution in [0.4, 0.5) is 0 Å². The van der Waals surface area contributed by atoms with Gasteiger partial charge in [-0.05, 0) is 41.8 Å². The lowest BCUT2D eigenvalue weighted by Crippen LogP contribution is -2.27. The summed E-state index contributed by atoms with van der Waals surface area (Å²) in [7, 11) is 0. The lowest BCUT2D eigenvalue weighted by atomic mass is 10.1. The summed E-state index contributed by atoms with van der Waals surface area (Å²) in [4.78, 5) is 15.3. The summed E-state index contributed by atoms with van der Waals surface area (Å²) < 4.78 is 12.4. The number of hydrogen-bond donors (Lipinski definition) is 0. The number of benzene rings is 3. The molecule has 4 nitrogen and oxygen atoms in total. The zero-order valence-electron chi connectivity index (χ0n) is 19.1. The molecular formula is C28H27NO3S2. The third-order valence-corrected chi connectivity index (χ3v) is 6.79. The fourth-order valence-electron chi connectivity index (χ4n) is 3.53. The summed E-state index contributed by atoms with van der Waals surface area (Å²) in [6.07, 6.45) is 3.64. The predicted octanol–water partition coefficient (Wildman–Crippen LogP) is 6.50. The topological polar surface area (TPSA) is 38.8 Å². The Balaban J connectivity index is 1.33. The van der Waals surface area contributed by atoms with Gasteiger partial charge in [0.1, 0.15) is 15.8 Å². The van der Waals surface area contributed by atoms with Crippen molar-refractivity contribution < 1.29 is 14.3 Å². The van der Waals surface area contributed by atoms with Gasteiger partial charge in [0.2, 0.25) is 0 Å². The van der Waals surface area contributed by atoms with Crippen LogP contribution in [-0.2, 0) is 17.8 Å². The predicted molar refractivity (Wildman–Crippen MR) is 143 cm³/mol. The number of thioether (sulfide) groups is 1. The van der Waals surface area contributed by atoms with Crippen molar-refractivity contribution in [1.82, 2.24) is 4.90 Å². The Morgan fingerprint density at radius 2 is 1.59 bits per heavy atom. The van der Waals surface area contributed by atoms with Gasteiger partial charge in [-0.1, -0.05) is 91.6 Å². The van der Waals surface area contributed by atoms with Crippen molar-refractivity contribution in [3.05, 3.63) is 100 Å². The minimum Gasteiger partial charge on any atom is -0.493 e. The normalized spacial score (nSPS) is 14.6. The molecule has 4 rings (SSSR count). The Hall–Kier alpha value is -3.09. The van der Waals surface area contributed by atoms with Crippen molar-refractivity contribution in [3.8, 4) is 11.5 Å². The van der Waals surface area contributed by atoms with Gasteiger partial charge in [-0.15, -0.1) is 0 Å². The van der Waals surface area contributed by atoms with E-state index in [1.807, 2.05) is 72.8 Å². The molecule has 0 atom stereocenters. The molecule has 3 aromatic rings. The Kier molecular flexibility index (Phi) is 8.39. The molecule has 3 aromatic carbocycles. The molecule has 174 valence electrons. The summed E-state index contributed by atoms with van der Waals surface area (Å²) in [5.41, 5.74) is 3.20. The molecular weight excluding hydrogens is 462 g/mol. The number of amides is 1. The first-order valence-corrected chi connectivity index (χ1v) is 12.6. The third-order valence-electron chi connectivity index (χ3n) is 5.41. The summed E-state index contributed by atoms with van der Waals surface area (Å²) in [5.74, 6) is 1.54. The Bertz CT molecular complexity index is 1160. The maximum Gasteiger partial charge on any atom is 0.266 e. The van der Waals surface area contributed by atoms with E-state index >= 15 is 0 Å². The highest BCUT2D eigenvalue weighted by atomic mass is 32.2. The van der Waals surface area contributed by atoms with Crippen LogP contribution >= 0.6 is 24.0 Å². The second-order valence-corrected chi connectivity index (χ2v) is 9.52. The van der Waals surface area contributed by atoms with E-state index in [1.54, 1.807) is 4.90 Å². The number of aryl methyl sites for hydroxylation is 1. The second kappa shape index (κ2) is 11.9. The van der Waals surface area contributed by atoms with Crippen LogP contribution in [0.15, 0.2) is 83.8 Å². The van der Waals surface area contributed by atoms with E-state index in [0.717, 1.165) is 35.5 Å². The van der Waals surface area contributed by atoms with Gasteiger partial charge in [-0.3, -0.25) is 9.69 Å². The molecule has 0 spiro atoms. The van der Waals surface area contributed by atoms with Crippen LogP contribution in [0.3, 0.4) is 0 Å². The van der Waals surface area contributed by atoms with E-state index in [4.69, 9.17) is 21.7 Å². The number of carbonyl (C=O) groups excluding carboxylic acids is 1. The first-order chi connectivity index (χ1) is 16.6. The largest absolute Gasteiger partial charge is 0.493 e.